The molecule has 0 aliphatic rings. The Kier molecular flexibility index (Phi) is 8.49. The number of thiazole rings is 1. The quantitative estimate of drug-likeness (QED) is 0.477. The van der Waals surface area contributed by atoms with Crippen LogP contribution in [0.5, 0.6) is 0 Å². The Morgan fingerprint density at radius 3 is 2.88 bits per heavy atom. The minimum absolute atomic E-state index is 0. The Bertz CT molecular complexity index is 351. The fourth-order valence-electron chi connectivity index (χ4n) is 1.22. The molecule has 1 atom stereocenters. The molecular weight excluding hydrogens is 347 g/mol. The molecule has 17 heavy (non-hydrogen) atoms. The Balaban J connectivity index is 0.00000256. The maximum absolute atomic E-state index is 5.71. The SMILES string of the molecule is CCCNC(N)=NCC(C)c1ncc(C)s1.I. The van der Waals surface area contributed by atoms with Gasteiger partial charge in [-0.1, -0.05) is 13.8 Å². The molecule has 0 bridgehead atoms. The number of hydrogen-bond donors (Lipinski definition) is 2. The smallest absolute Gasteiger partial charge is 0.188 e. The average molecular weight is 368 g/mol. The van der Waals surface area contributed by atoms with Gasteiger partial charge < -0.3 is 11.1 Å². The molecule has 1 aromatic rings. The van der Waals surface area contributed by atoms with Crippen molar-refractivity contribution in [3.05, 3.63) is 16.1 Å². The number of aliphatic imine (C=N–C) groups is 1. The Labute approximate surface area is 124 Å². The summed E-state index contributed by atoms with van der Waals surface area (Å²) < 4.78 is 0. The summed E-state index contributed by atoms with van der Waals surface area (Å²) in [4.78, 5) is 9.88. The molecule has 0 saturated carbocycles. The van der Waals surface area contributed by atoms with E-state index in [9.17, 15) is 0 Å². The Morgan fingerprint density at radius 2 is 2.35 bits per heavy atom. The van der Waals surface area contributed by atoms with Crippen molar-refractivity contribution in [3.8, 4) is 0 Å². The van der Waals surface area contributed by atoms with E-state index in [1.54, 1.807) is 11.3 Å². The molecule has 0 spiro atoms. The van der Waals surface area contributed by atoms with Gasteiger partial charge in [0.1, 0.15) is 0 Å². The van der Waals surface area contributed by atoms with Crippen LogP contribution >= 0.6 is 35.3 Å². The number of nitrogens with zero attached hydrogens (tertiary/aromatic N) is 2. The number of aromatic nitrogens is 1. The van der Waals surface area contributed by atoms with Crippen molar-refractivity contribution in [1.29, 1.82) is 0 Å². The number of nitrogens with one attached hydrogen (secondary N) is 1. The molecule has 6 heteroatoms. The van der Waals surface area contributed by atoms with Gasteiger partial charge in [0, 0.05) is 23.5 Å². The molecule has 0 aromatic carbocycles. The van der Waals surface area contributed by atoms with Crippen molar-refractivity contribution >= 4 is 41.3 Å². The van der Waals surface area contributed by atoms with Crippen LogP contribution in [0.1, 0.15) is 36.1 Å². The molecule has 0 aliphatic carbocycles. The number of aryl methyl sites for hydroxylation is 1. The summed E-state index contributed by atoms with van der Waals surface area (Å²) >= 11 is 1.72. The van der Waals surface area contributed by atoms with Crippen LogP contribution in [0.3, 0.4) is 0 Å². The third-order valence-corrected chi connectivity index (χ3v) is 3.30. The molecule has 1 rings (SSSR count). The molecule has 4 nitrogen and oxygen atoms in total. The van der Waals surface area contributed by atoms with Crippen LogP contribution in [0.15, 0.2) is 11.2 Å². The van der Waals surface area contributed by atoms with Crippen LogP contribution in [-0.2, 0) is 0 Å². The molecule has 1 aromatic heterocycles. The second kappa shape index (κ2) is 8.68. The minimum atomic E-state index is 0. The van der Waals surface area contributed by atoms with Gasteiger partial charge in [-0.3, -0.25) is 4.99 Å². The normalized spacial score (nSPS) is 13.0. The lowest BCUT2D eigenvalue weighted by Crippen LogP contribution is -2.32. The number of hydrogen-bond acceptors (Lipinski definition) is 3. The highest BCUT2D eigenvalue weighted by molar-refractivity contribution is 14.0. The van der Waals surface area contributed by atoms with E-state index in [0.29, 0.717) is 18.4 Å². The number of guanidine groups is 1. The summed E-state index contributed by atoms with van der Waals surface area (Å²) in [5.41, 5.74) is 5.71. The van der Waals surface area contributed by atoms with E-state index >= 15 is 0 Å². The highest BCUT2D eigenvalue weighted by Gasteiger charge is 2.08. The van der Waals surface area contributed by atoms with Gasteiger partial charge in [-0.2, -0.15) is 0 Å². The van der Waals surface area contributed by atoms with Crippen molar-refractivity contribution in [2.45, 2.75) is 33.1 Å². The summed E-state index contributed by atoms with van der Waals surface area (Å²) in [5, 5.41) is 4.18. The molecular formula is C11H21IN4S. The third-order valence-electron chi connectivity index (χ3n) is 2.15. The topological polar surface area (TPSA) is 63.3 Å². The zero-order chi connectivity index (χ0) is 12.0. The minimum Gasteiger partial charge on any atom is -0.370 e. The summed E-state index contributed by atoms with van der Waals surface area (Å²) in [7, 11) is 0. The van der Waals surface area contributed by atoms with Gasteiger partial charge in [-0.25, -0.2) is 4.98 Å². The molecule has 3 N–H and O–H groups in total. The number of halogens is 1. The molecule has 0 radical (unpaired) electrons. The van der Waals surface area contributed by atoms with Gasteiger partial charge in [0.2, 0.25) is 0 Å². The standard InChI is InChI=1S/C11H20N4S.HI/c1-4-5-13-11(12)15-6-8(2)10-14-7-9(3)16-10;/h7-8H,4-6H2,1-3H3,(H3,12,13,15);1H. The maximum Gasteiger partial charge on any atom is 0.188 e. The van der Waals surface area contributed by atoms with Crippen LogP contribution in [0.25, 0.3) is 0 Å². The van der Waals surface area contributed by atoms with Gasteiger partial charge in [0.15, 0.2) is 5.96 Å². The summed E-state index contributed by atoms with van der Waals surface area (Å²) in [6.07, 6.45) is 2.95. The lowest BCUT2D eigenvalue weighted by molar-refractivity contribution is 0.753. The van der Waals surface area contributed by atoms with E-state index in [1.165, 1.54) is 4.88 Å². The monoisotopic (exact) mass is 368 g/mol. The first-order valence-corrected chi connectivity index (χ1v) is 6.41. The number of nitrogens with two attached hydrogens (primary N) is 1. The van der Waals surface area contributed by atoms with E-state index in [-0.39, 0.29) is 24.0 Å². The summed E-state index contributed by atoms with van der Waals surface area (Å²) in [5.74, 6) is 0.864. The molecule has 0 aliphatic heterocycles. The van der Waals surface area contributed by atoms with E-state index < -0.39 is 0 Å². The van der Waals surface area contributed by atoms with Crippen LogP contribution < -0.4 is 11.1 Å². The molecule has 1 heterocycles. The average Bonchev–Trinajstić information content (AvgIpc) is 2.69. The lowest BCUT2D eigenvalue weighted by atomic mass is 10.2. The third kappa shape index (κ3) is 6.21. The highest BCUT2D eigenvalue weighted by Crippen LogP contribution is 2.20. The van der Waals surface area contributed by atoms with Crippen LogP contribution in [-0.4, -0.2) is 24.0 Å². The predicted octanol–water partition coefficient (Wildman–Crippen LogP) is 2.49. The Morgan fingerprint density at radius 1 is 1.65 bits per heavy atom. The van der Waals surface area contributed by atoms with Crippen molar-refractivity contribution in [2.24, 2.45) is 10.7 Å². The summed E-state index contributed by atoms with van der Waals surface area (Å²) in [6, 6.07) is 0. The van der Waals surface area contributed by atoms with Gasteiger partial charge in [-0.05, 0) is 13.3 Å². The first-order chi connectivity index (χ1) is 7.63. The van der Waals surface area contributed by atoms with E-state index in [4.69, 9.17) is 5.73 Å². The first kappa shape index (κ1) is 16.6. The van der Waals surface area contributed by atoms with E-state index in [0.717, 1.165) is 18.0 Å². The number of rotatable bonds is 5. The predicted molar refractivity (Wildman–Crippen MR) is 85.5 cm³/mol. The van der Waals surface area contributed by atoms with Crippen LogP contribution in [0.2, 0.25) is 0 Å². The molecule has 0 saturated heterocycles. The first-order valence-electron chi connectivity index (χ1n) is 5.59. The molecule has 0 fully saturated rings. The van der Waals surface area contributed by atoms with Gasteiger partial charge in [0.25, 0.3) is 0 Å². The lowest BCUT2D eigenvalue weighted by Gasteiger charge is -2.06. The molecule has 1 unspecified atom stereocenters. The largest absolute Gasteiger partial charge is 0.370 e. The van der Waals surface area contributed by atoms with Gasteiger partial charge >= 0.3 is 0 Å². The van der Waals surface area contributed by atoms with E-state index in [2.05, 4.69) is 36.1 Å². The zero-order valence-electron chi connectivity index (χ0n) is 10.6. The summed E-state index contributed by atoms with van der Waals surface area (Å²) in [6.45, 7) is 7.85. The van der Waals surface area contributed by atoms with Crippen molar-refractivity contribution < 1.29 is 0 Å². The molecule has 0 amide bonds. The van der Waals surface area contributed by atoms with Crippen molar-refractivity contribution in [3.63, 3.8) is 0 Å². The van der Waals surface area contributed by atoms with E-state index in [1.807, 2.05) is 6.20 Å². The van der Waals surface area contributed by atoms with Crippen molar-refractivity contribution in [2.75, 3.05) is 13.1 Å². The zero-order valence-corrected chi connectivity index (χ0v) is 13.7. The second-order valence-corrected chi connectivity index (χ2v) is 5.13. The highest BCUT2D eigenvalue weighted by atomic mass is 127. The van der Waals surface area contributed by atoms with Crippen LogP contribution in [0.4, 0.5) is 0 Å². The molecule has 98 valence electrons. The second-order valence-electron chi connectivity index (χ2n) is 3.86. The maximum atomic E-state index is 5.71. The van der Waals surface area contributed by atoms with Crippen molar-refractivity contribution in [1.82, 2.24) is 10.3 Å². The fourth-order valence-corrected chi connectivity index (χ4v) is 2.04. The van der Waals surface area contributed by atoms with Crippen LogP contribution in [0, 0.1) is 6.92 Å². The van der Waals surface area contributed by atoms with Gasteiger partial charge in [-0.15, -0.1) is 35.3 Å². The van der Waals surface area contributed by atoms with Gasteiger partial charge in [0.05, 0.1) is 11.6 Å². The Hall–Kier alpha value is -0.370. The fraction of sp³-hybridized carbons (Fsp3) is 0.636.